The van der Waals surface area contributed by atoms with Crippen LogP contribution in [0.5, 0.6) is 5.75 Å². The van der Waals surface area contributed by atoms with Crippen molar-refractivity contribution in [3.63, 3.8) is 0 Å². The average Bonchev–Trinajstić information content (AvgIpc) is 3.17. The molecule has 0 saturated carbocycles. The molecule has 2 N–H and O–H groups in total. The molecule has 0 aliphatic heterocycles. The van der Waals surface area contributed by atoms with Crippen molar-refractivity contribution in [1.82, 2.24) is 25.1 Å². The number of likely N-dealkylation sites (N-methyl/N-ethyl adjacent to an activating group) is 1. The number of aryl methyl sites for hydroxylation is 1. The lowest BCUT2D eigenvalue weighted by Gasteiger charge is -2.13. The second-order valence-electron chi connectivity index (χ2n) is 7.93. The van der Waals surface area contributed by atoms with E-state index >= 15 is 0 Å². The SMILES string of the molecule is Cc1[nH]nc2nc(-c3ccc(OS(=O)(=O)c4cc(F)ccc4F)c(F)c3)nc(NCCN(C)C)c12. The van der Waals surface area contributed by atoms with Gasteiger partial charge in [-0.25, -0.2) is 23.1 Å². The van der Waals surface area contributed by atoms with E-state index in [1.165, 1.54) is 6.07 Å². The van der Waals surface area contributed by atoms with Gasteiger partial charge in [-0.15, -0.1) is 0 Å². The lowest BCUT2D eigenvalue weighted by Crippen LogP contribution is -2.21. The normalized spacial score (nSPS) is 11.9. The first-order chi connectivity index (χ1) is 16.5. The van der Waals surface area contributed by atoms with Crippen LogP contribution in [-0.4, -0.2) is 60.7 Å². The highest BCUT2D eigenvalue weighted by molar-refractivity contribution is 7.87. The summed E-state index contributed by atoms with van der Waals surface area (Å²) in [7, 11) is -0.968. The summed E-state index contributed by atoms with van der Waals surface area (Å²) >= 11 is 0. The largest absolute Gasteiger partial charge is 0.376 e. The highest BCUT2D eigenvalue weighted by atomic mass is 32.2. The van der Waals surface area contributed by atoms with Crippen molar-refractivity contribution >= 4 is 27.0 Å². The Hall–Kier alpha value is -3.71. The first-order valence-electron chi connectivity index (χ1n) is 10.4. The minimum Gasteiger partial charge on any atom is -0.376 e. The smallest absolute Gasteiger partial charge is 0.342 e. The lowest BCUT2D eigenvalue weighted by atomic mass is 10.2. The number of anilines is 1. The number of halogens is 3. The number of nitrogens with one attached hydrogen (secondary N) is 2. The molecule has 0 atom stereocenters. The zero-order valence-corrected chi connectivity index (χ0v) is 19.8. The highest BCUT2D eigenvalue weighted by Gasteiger charge is 2.24. The number of aromatic amines is 1. The van der Waals surface area contributed by atoms with Gasteiger partial charge >= 0.3 is 10.1 Å². The van der Waals surface area contributed by atoms with Gasteiger partial charge in [-0.2, -0.15) is 13.5 Å². The number of hydrogen-bond donors (Lipinski definition) is 2. The van der Waals surface area contributed by atoms with E-state index in [-0.39, 0.29) is 11.4 Å². The van der Waals surface area contributed by atoms with Crippen LogP contribution in [0.2, 0.25) is 0 Å². The molecule has 0 aliphatic rings. The third-order valence-corrected chi connectivity index (χ3v) is 6.25. The van der Waals surface area contributed by atoms with Gasteiger partial charge in [0.15, 0.2) is 23.0 Å². The molecule has 2 aromatic carbocycles. The van der Waals surface area contributed by atoms with Gasteiger partial charge in [0.2, 0.25) is 0 Å². The van der Waals surface area contributed by atoms with Crippen LogP contribution in [0.1, 0.15) is 5.69 Å². The van der Waals surface area contributed by atoms with E-state index in [2.05, 4.69) is 25.5 Å². The molecule has 0 unspecified atom stereocenters. The lowest BCUT2D eigenvalue weighted by molar-refractivity contribution is 0.425. The van der Waals surface area contributed by atoms with Gasteiger partial charge in [-0.1, -0.05) is 0 Å². The molecule has 0 saturated heterocycles. The Bertz CT molecular complexity index is 1510. The number of fused-ring (bicyclic) bond motifs is 1. The van der Waals surface area contributed by atoms with Crippen molar-refractivity contribution in [2.24, 2.45) is 0 Å². The molecule has 0 fully saturated rings. The minimum absolute atomic E-state index is 0.140. The monoisotopic (exact) mass is 506 g/mol. The topological polar surface area (TPSA) is 113 Å². The first kappa shape index (κ1) is 24.4. The number of nitrogens with zero attached hydrogens (tertiary/aromatic N) is 4. The Labute approximate surface area is 199 Å². The molecule has 4 aromatic rings. The molecule has 9 nitrogen and oxygen atoms in total. The summed E-state index contributed by atoms with van der Waals surface area (Å²) in [6.45, 7) is 3.14. The summed E-state index contributed by atoms with van der Waals surface area (Å²) in [6.07, 6.45) is 0. The van der Waals surface area contributed by atoms with Crippen LogP contribution >= 0.6 is 0 Å². The van der Waals surface area contributed by atoms with Crippen LogP contribution in [0.15, 0.2) is 41.3 Å². The standard InChI is InChI=1S/C22H21F3N6O3S/c1-12-19-21(26-8-9-31(2)3)27-20(28-22(19)30-29-12)13-4-7-17(16(25)10-13)34-35(32,33)18-11-14(23)5-6-15(18)24/h4-7,10-11H,8-9H2,1-3H3,(H2,26,27,28,29,30). The number of H-pyrrole nitrogens is 1. The van der Waals surface area contributed by atoms with Crippen LogP contribution in [-0.2, 0) is 10.1 Å². The summed E-state index contributed by atoms with van der Waals surface area (Å²) in [5.41, 5.74) is 1.34. The van der Waals surface area contributed by atoms with E-state index in [9.17, 15) is 21.6 Å². The van der Waals surface area contributed by atoms with E-state index in [1.54, 1.807) is 0 Å². The maximum absolute atomic E-state index is 14.8. The highest BCUT2D eigenvalue weighted by Crippen LogP contribution is 2.30. The van der Waals surface area contributed by atoms with Crippen LogP contribution < -0.4 is 9.50 Å². The molecule has 0 aliphatic carbocycles. The fourth-order valence-electron chi connectivity index (χ4n) is 3.26. The maximum Gasteiger partial charge on any atom is 0.342 e. The molecule has 0 amide bonds. The summed E-state index contributed by atoms with van der Waals surface area (Å²) < 4.78 is 71.6. The maximum atomic E-state index is 14.8. The molecule has 4 rings (SSSR count). The second-order valence-corrected chi connectivity index (χ2v) is 9.45. The molecule has 0 bridgehead atoms. The van der Waals surface area contributed by atoms with Gasteiger partial charge in [-0.3, -0.25) is 5.10 Å². The van der Waals surface area contributed by atoms with Crippen molar-refractivity contribution in [3.8, 4) is 17.1 Å². The third kappa shape index (κ3) is 5.20. The zero-order chi connectivity index (χ0) is 25.3. The Balaban J connectivity index is 1.66. The van der Waals surface area contributed by atoms with Crippen molar-refractivity contribution in [2.45, 2.75) is 11.8 Å². The zero-order valence-electron chi connectivity index (χ0n) is 18.9. The van der Waals surface area contributed by atoms with E-state index in [0.717, 1.165) is 30.4 Å². The predicted octanol–water partition coefficient (Wildman–Crippen LogP) is 3.49. The predicted molar refractivity (Wildman–Crippen MR) is 123 cm³/mol. The summed E-state index contributed by atoms with van der Waals surface area (Å²) in [6, 6.07) is 5.22. The van der Waals surface area contributed by atoms with Crippen LogP contribution in [0.4, 0.5) is 19.0 Å². The Morgan fingerprint density at radius 1 is 1.06 bits per heavy atom. The van der Waals surface area contributed by atoms with Gasteiger partial charge in [0.05, 0.1) is 5.39 Å². The van der Waals surface area contributed by atoms with Gasteiger partial charge in [0.1, 0.15) is 22.3 Å². The van der Waals surface area contributed by atoms with Crippen molar-refractivity contribution in [3.05, 3.63) is 59.5 Å². The van der Waals surface area contributed by atoms with E-state index in [4.69, 9.17) is 4.18 Å². The first-order valence-corrected chi connectivity index (χ1v) is 11.8. The Kier molecular flexibility index (Phi) is 6.63. The van der Waals surface area contributed by atoms with Crippen molar-refractivity contribution in [1.29, 1.82) is 0 Å². The molecule has 184 valence electrons. The quantitative estimate of drug-likeness (QED) is 0.349. The molecule has 0 radical (unpaired) electrons. The van der Waals surface area contributed by atoms with E-state index in [0.29, 0.717) is 35.5 Å². The minimum atomic E-state index is -4.83. The fourth-order valence-corrected chi connectivity index (χ4v) is 4.29. The molecule has 2 aromatic heterocycles. The second kappa shape index (κ2) is 9.50. The van der Waals surface area contributed by atoms with Gasteiger partial charge in [-0.05, 0) is 57.4 Å². The molecular formula is C22H21F3N6O3S. The summed E-state index contributed by atoms with van der Waals surface area (Å²) in [5, 5.41) is 10.9. The average molecular weight is 507 g/mol. The van der Waals surface area contributed by atoms with Gasteiger partial charge < -0.3 is 14.4 Å². The van der Waals surface area contributed by atoms with Crippen LogP contribution in [0.25, 0.3) is 22.4 Å². The number of benzene rings is 2. The number of aromatic nitrogens is 4. The van der Waals surface area contributed by atoms with Crippen molar-refractivity contribution in [2.75, 3.05) is 32.5 Å². The molecule has 0 spiro atoms. The van der Waals surface area contributed by atoms with E-state index in [1.807, 2.05) is 25.9 Å². The Morgan fingerprint density at radius 2 is 1.83 bits per heavy atom. The van der Waals surface area contributed by atoms with Crippen LogP contribution in [0, 0.1) is 24.4 Å². The van der Waals surface area contributed by atoms with Gasteiger partial charge in [0, 0.05) is 24.3 Å². The van der Waals surface area contributed by atoms with Crippen LogP contribution in [0.3, 0.4) is 0 Å². The molecule has 35 heavy (non-hydrogen) atoms. The molecule has 2 heterocycles. The number of rotatable bonds is 8. The molecule has 13 heteroatoms. The molecular weight excluding hydrogens is 485 g/mol. The summed E-state index contributed by atoms with van der Waals surface area (Å²) in [4.78, 5) is 9.81. The van der Waals surface area contributed by atoms with Crippen molar-refractivity contribution < 1.29 is 25.8 Å². The number of hydrogen-bond acceptors (Lipinski definition) is 8. The van der Waals surface area contributed by atoms with E-state index < -0.39 is 38.2 Å². The van der Waals surface area contributed by atoms with Gasteiger partial charge in [0.25, 0.3) is 0 Å². The third-order valence-electron chi connectivity index (χ3n) is 5.00. The fraction of sp³-hybridized carbons (Fsp3) is 0.227. The summed E-state index contributed by atoms with van der Waals surface area (Å²) in [5.74, 6) is -3.33. The Morgan fingerprint density at radius 3 is 2.54 bits per heavy atom.